The standard InChI is InChI=1S/C18H18N2O3S/c1-11-9-13(7-8-16(11)19-12(2)24)17(21)20-15-6-4-5-14(10-15)18(22)23-3/h4-10H,1-3H3,(H,19,24)(H,20,21). The predicted molar refractivity (Wildman–Crippen MR) is 98.8 cm³/mol. The second-order valence-electron chi connectivity index (χ2n) is 5.24. The van der Waals surface area contributed by atoms with E-state index in [1.54, 1.807) is 43.3 Å². The molecule has 0 unspecified atom stereocenters. The van der Waals surface area contributed by atoms with Crippen LogP contribution in [-0.4, -0.2) is 24.0 Å². The van der Waals surface area contributed by atoms with Gasteiger partial charge in [0.1, 0.15) is 0 Å². The quantitative estimate of drug-likeness (QED) is 0.653. The largest absolute Gasteiger partial charge is 0.465 e. The SMILES string of the molecule is COC(=O)c1cccc(NC(=O)c2ccc(NC(C)=S)c(C)c2)c1. The van der Waals surface area contributed by atoms with Crippen LogP contribution >= 0.6 is 12.2 Å². The summed E-state index contributed by atoms with van der Waals surface area (Å²) in [4.78, 5) is 24.6. The van der Waals surface area contributed by atoms with E-state index in [0.29, 0.717) is 21.8 Å². The zero-order valence-corrected chi connectivity index (χ0v) is 14.5. The molecule has 0 aromatic heterocycles. The summed E-state index contributed by atoms with van der Waals surface area (Å²) in [6.45, 7) is 3.69. The first-order valence-corrected chi connectivity index (χ1v) is 7.69. The molecule has 5 nitrogen and oxygen atoms in total. The Morgan fingerprint density at radius 2 is 1.79 bits per heavy atom. The second-order valence-corrected chi connectivity index (χ2v) is 5.85. The van der Waals surface area contributed by atoms with Crippen molar-refractivity contribution in [2.45, 2.75) is 13.8 Å². The molecule has 124 valence electrons. The number of aryl methyl sites for hydroxylation is 1. The van der Waals surface area contributed by atoms with Gasteiger partial charge < -0.3 is 15.4 Å². The highest BCUT2D eigenvalue weighted by Gasteiger charge is 2.10. The van der Waals surface area contributed by atoms with Crippen LogP contribution in [0, 0.1) is 6.92 Å². The van der Waals surface area contributed by atoms with E-state index in [4.69, 9.17) is 12.2 Å². The van der Waals surface area contributed by atoms with Gasteiger partial charge in [0.2, 0.25) is 0 Å². The Labute approximate surface area is 146 Å². The number of esters is 1. The molecule has 6 heteroatoms. The van der Waals surface area contributed by atoms with E-state index < -0.39 is 5.97 Å². The summed E-state index contributed by atoms with van der Waals surface area (Å²) in [6.07, 6.45) is 0. The van der Waals surface area contributed by atoms with Crippen LogP contribution in [0.25, 0.3) is 0 Å². The maximum absolute atomic E-state index is 12.4. The van der Waals surface area contributed by atoms with Crippen LogP contribution in [0.4, 0.5) is 11.4 Å². The first-order chi connectivity index (χ1) is 11.4. The number of amides is 1. The molecule has 0 saturated carbocycles. The minimum absolute atomic E-state index is 0.259. The van der Waals surface area contributed by atoms with Gasteiger partial charge in [0.25, 0.3) is 5.91 Å². The molecule has 0 aliphatic carbocycles. The number of ether oxygens (including phenoxy) is 1. The van der Waals surface area contributed by atoms with Crippen molar-refractivity contribution in [1.29, 1.82) is 0 Å². The third kappa shape index (κ3) is 4.39. The number of carbonyl (C=O) groups is 2. The molecular weight excluding hydrogens is 324 g/mol. The van der Waals surface area contributed by atoms with E-state index in [-0.39, 0.29) is 5.91 Å². The summed E-state index contributed by atoms with van der Waals surface area (Å²) in [7, 11) is 1.31. The van der Waals surface area contributed by atoms with E-state index in [9.17, 15) is 9.59 Å². The summed E-state index contributed by atoms with van der Waals surface area (Å²) in [6, 6.07) is 11.9. The van der Waals surface area contributed by atoms with Crippen molar-refractivity contribution in [1.82, 2.24) is 0 Å². The molecule has 0 radical (unpaired) electrons. The molecule has 0 heterocycles. The third-order valence-corrected chi connectivity index (χ3v) is 3.44. The molecule has 0 fully saturated rings. The number of nitrogens with one attached hydrogen (secondary N) is 2. The number of benzene rings is 2. The van der Waals surface area contributed by atoms with Crippen LogP contribution in [-0.2, 0) is 4.74 Å². The maximum Gasteiger partial charge on any atom is 0.337 e. The van der Waals surface area contributed by atoms with E-state index in [2.05, 4.69) is 15.4 Å². The van der Waals surface area contributed by atoms with Gasteiger partial charge >= 0.3 is 5.97 Å². The van der Waals surface area contributed by atoms with Gasteiger partial charge in [0.15, 0.2) is 0 Å². The monoisotopic (exact) mass is 342 g/mol. The van der Waals surface area contributed by atoms with E-state index in [0.717, 1.165) is 11.3 Å². The van der Waals surface area contributed by atoms with Gasteiger partial charge in [-0.3, -0.25) is 4.79 Å². The summed E-state index contributed by atoms with van der Waals surface area (Å²) in [5, 5.41) is 5.84. The molecular formula is C18H18N2O3S. The fraction of sp³-hybridized carbons (Fsp3) is 0.167. The topological polar surface area (TPSA) is 67.4 Å². The second kappa shape index (κ2) is 7.70. The summed E-state index contributed by atoms with van der Waals surface area (Å²) in [5.74, 6) is -0.710. The lowest BCUT2D eigenvalue weighted by Gasteiger charge is -2.11. The lowest BCUT2D eigenvalue weighted by molar-refractivity contribution is 0.0600. The number of methoxy groups -OCH3 is 1. The van der Waals surface area contributed by atoms with Gasteiger partial charge in [-0.25, -0.2) is 4.79 Å². The highest BCUT2D eigenvalue weighted by Crippen LogP contribution is 2.18. The van der Waals surface area contributed by atoms with Crippen LogP contribution in [0.1, 0.15) is 33.2 Å². The predicted octanol–water partition coefficient (Wildman–Crippen LogP) is 3.79. The van der Waals surface area contributed by atoms with Gasteiger partial charge in [-0.05, 0) is 55.8 Å². The van der Waals surface area contributed by atoms with Gasteiger partial charge in [-0.15, -0.1) is 0 Å². The van der Waals surface area contributed by atoms with Crippen LogP contribution in [0.15, 0.2) is 42.5 Å². The molecule has 24 heavy (non-hydrogen) atoms. The van der Waals surface area contributed by atoms with E-state index in [1.807, 2.05) is 13.0 Å². The molecule has 0 bridgehead atoms. The van der Waals surface area contributed by atoms with Crippen LogP contribution in [0.3, 0.4) is 0 Å². The van der Waals surface area contributed by atoms with Crippen molar-refractivity contribution in [3.8, 4) is 0 Å². The molecule has 0 spiro atoms. The molecule has 2 aromatic carbocycles. The fourth-order valence-corrected chi connectivity index (χ4v) is 2.29. The number of thiocarbonyl (C=S) groups is 1. The molecule has 0 aliphatic rings. The van der Waals surface area contributed by atoms with Crippen molar-refractivity contribution in [3.05, 3.63) is 59.2 Å². The van der Waals surface area contributed by atoms with Crippen molar-refractivity contribution in [3.63, 3.8) is 0 Å². The maximum atomic E-state index is 12.4. The molecule has 0 aliphatic heterocycles. The Morgan fingerprint density at radius 1 is 1.04 bits per heavy atom. The Hall–Kier alpha value is -2.73. The first-order valence-electron chi connectivity index (χ1n) is 7.28. The Bertz CT molecular complexity index is 803. The van der Waals surface area contributed by atoms with Crippen molar-refractivity contribution in [2.24, 2.45) is 0 Å². The summed E-state index contributed by atoms with van der Waals surface area (Å²) >= 11 is 5.02. The Balaban J connectivity index is 2.17. The highest BCUT2D eigenvalue weighted by atomic mass is 32.1. The lowest BCUT2D eigenvalue weighted by atomic mass is 10.1. The Kier molecular flexibility index (Phi) is 5.65. The average Bonchev–Trinajstić information content (AvgIpc) is 2.55. The van der Waals surface area contributed by atoms with Crippen LogP contribution in [0.5, 0.6) is 0 Å². The van der Waals surface area contributed by atoms with E-state index in [1.165, 1.54) is 7.11 Å². The van der Waals surface area contributed by atoms with Gasteiger partial charge in [-0.1, -0.05) is 18.3 Å². The number of hydrogen-bond acceptors (Lipinski definition) is 4. The van der Waals surface area contributed by atoms with Crippen molar-refractivity contribution in [2.75, 3.05) is 17.7 Å². The number of anilines is 2. The molecule has 2 N–H and O–H groups in total. The minimum Gasteiger partial charge on any atom is -0.465 e. The molecule has 0 saturated heterocycles. The summed E-state index contributed by atoms with van der Waals surface area (Å²) in [5.41, 5.74) is 3.20. The van der Waals surface area contributed by atoms with Crippen molar-refractivity contribution >= 4 is 40.5 Å². The van der Waals surface area contributed by atoms with Gasteiger partial charge in [0.05, 0.1) is 17.7 Å². The fourth-order valence-electron chi connectivity index (χ4n) is 2.18. The first kappa shape index (κ1) is 17.6. The highest BCUT2D eigenvalue weighted by molar-refractivity contribution is 7.80. The van der Waals surface area contributed by atoms with Gasteiger partial charge in [-0.2, -0.15) is 0 Å². The number of rotatable bonds is 4. The third-order valence-electron chi connectivity index (χ3n) is 3.34. The zero-order valence-electron chi connectivity index (χ0n) is 13.7. The summed E-state index contributed by atoms with van der Waals surface area (Å²) < 4.78 is 4.67. The molecule has 2 aromatic rings. The average molecular weight is 342 g/mol. The van der Waals surface area contributed by atoms with Crippen LogP contribution < -0.4 is 10.6 Å². The number of hydrogen-bond donors (Lipinski definition) is 2. The molecule has 1 amide bonds. The minimum atomic E-state index is -0.451. The normalized spacial score (nSPS) is 9.96. The zero-order chi connectivity index (χ0) is 17.7. The molecule has 2 rings (SSSR count). The van der Waals surface area contributed by atoms with Gasteiger partial charge in [0, 0.05) is 16.9 Å². The molecule has 0 atom stereocenters. The Morgan fingerprint density at radius 3 is 2.42 bits per heavy atom. The smallest absolute Gasteiger partial charge is 0.337 e. The lowest BCUT2D eigenvalue weighted by Crippen LogP contribution is -2.13. The van der Waals surface area contributed by atoms with Crippen LogP contribution in [0.2, 0.25) is 0 Å². The number of carbonyl (C=O) groups excluding carboxylic acids is 2. The van der Waals surface area contributed by atoms with Crippen molar-refractivity contribution < 1.29 is 14.3 Å². The van der Waals surface area contributed by atoms with E-state index >= 15 is 0 Å².